The SMILES string of the molecule is Cn1nc(C(F)(F)F)nc1C(=O)N1CCc2[nH]cnc2C1c1cc2cccc(C(F)(F)F)n2n1. The molecule has 34 heavy (non-hydrogen) atoms. The minimum absolute atomic E-state index is 0.0346. The highest BCUT2D eigenvalue weighted by molar-refractivity contribution is 5.91. The Balaban J connectivity index is 1.63. The summed E-state index contributed by atoms with van der Waals surface area (Å²) in [5, 5.41) is 7.37. The van der Waals surface area contributed by atoms with Gasteiger partial charge in [-0.1, -0.05) is 6.07 Å². The molecule has 1 N–H and O–H groups in total. The number of hydrogen-bond acceptors (Lipinski definition) is 5. The third kappa shape index (κ3) is 3.47. The van der Waals surface area contributed by atoms with Gasteiger partial charge in [-0.3, -0.25) is 4.79 Å². The number of carbonyl (C=O) groups is 1. The Bertz CT molecular complexity index is 1400. The van der Waals surface area contributed by atoms with Gasteiger partial charge in [0.25, 0.3) is 11.7 Å². The van der Waals surface area contributed by atoms with E-state index in [-0.39, 0.29) is 17.8 Å². The number of amides is 1. The summed E-state index contributed by atoms with van der Waals surface area (Å²) < 4.78 is 81.0. The topological polar surface area (TPSA) is 97.0 Å². The van der Waals surface area contributed by atoms with Gasteiger partial charge in [-0.25, -0.2) is 14.2 Å². The summed E-state index contributed by atoms with van der Waals surface area (Å²) in [5.41, 5.74) is 0.135. The molecule has 0 radical (unpaired) electrons. The second-order valence-electron chi connectivity index (χ2n) is 7.61. The summed E-state index contributed by atoms with van der Waals surface area (Å²) in [7, 11) is 1.15. The summed E-state index contributed by atoms with van der Waals surface area (Å²) in [6.07, 6.45) is -7.88. The smallest absolute Gasteiger partial charge is 0.348 e. The van der Waals surface area contributed by atoms with Crippen LogP contribution in [0.5, 0.6) is 0 Å². The van der Waals surface area contributed by atoms with Crippen LogP contribution in [0.1, 0.15) is 45.3 Å². The number of rotatable bonds is 2. The molecule has 1 atom stereocenters. The lowest BCUT2D eigenvalue weighted by molar-refractivity contribution is -0.145. The summed E-state index contributed by atoms with van der Waals surface area (Å²) in [6, 6.07) is 3.83. The Hall–Kier alpha value is -3.91. The van der Waals surface area contributed by atoms with Crippen LogP contribution in [-0.2, 0) is 25.8 Å². The largest absolute Gasteiger partial charge is 0.453 e. The number of fused-ring (bicyclic) bond motifs is 2. The highest BCUT2D eigenvalue weighted by Crippen LogP contribution is 2.36. The van der Waals surface area contributed by atoms with Crippen molar-refractivity contribution in [2.24, 2.45) is 7.05 Å². The van der Waals surface area contributed by atoms with Crippen LogP contribution in [0.2, 0.25) is 0 Å². The number of aryl methyl sites for hydroxylation is 1. The molecule has 5 rings (SSSR count). The van der Waals surface area contributed by atoms with E-state index in [1.165, 1.54) is 29.4 Å². The first-order valence-electron chi connectivity index (χ1n) is 9.82. The van der Waals surface area contributed by atoms with Crippen LogP contribution >= 0.6 is 0 Å². The number of aromatic nitrogens is 7. The molecular formula is C19H14F6N8O. The van der Waals surface area contributed by atoms with Gasteiger partial charge in [0.1, 0.15) is 11.7 Å². The van der Waals surface area contributed by atoms with Gasteiger partial charge in [-0.2, -0.15) is 36.4 Å². The van der Waals surface area contributed by atoms with Crippen molar-refractivity contribution < 1.29 is 31.1 Å². The number of nitrogens with one attached hydrogen (secondary N) is 1. The Morgan fingerprint density at radius 1 is 1.12 bits per heavy atom. The van der Waals surface area contributed by atoms with Gasteiger partial charge in [0.2, 0.25) is 5.82 Å². The fraction of sp³-hybridized carbons (Fsp3) is 0.316. The summed E-state index contributed by atoms with van der Waals surface area (Å²) >= 11 is 0. The molecule has 0 aromatic carbocycles. The molecular weight excluding hydrogens is 470 g/mol. The van der Waals surface area contributed by atoms with E-state index in [4.69, 9.17) is 0 Å². The number of hydrogen-bond donors (Lipinski definition) is 1. The van der Waals surface area contributed by atoms with Crippen molar-refractivity contribution in [3.63, 3.8) is 0 Å². The summed E-state index contributed by atoms with van der Waals surface area (Å²) in [6.45, 7) is 0.0346. The van der Waals surface area contributed by atoms with E-state index in [0.29, 0.717) is 27.0 Å². The van der Waals surface area contributed by atoms with Gasteiger partial charge >= 0.3 is 12.4 Å². The summed E-state index contributed by atoms with van der Waals surface area (Å²) in [4.78, 5) is 25.0. The molecule has 1 aliphatic rings. The predicted molar refractivity (Wildman–Crippen MR) is 101 cm³/mol. The molecule has 0 spiro atoms. The van der Waals surface area contributed by atoms with E-state index in [2.05, 4.69) is 25.1 Å². The molecule has 1 unspecified atom stereocenters. The second kappa shape index (κ2) is 7.30. The van der Waals surface area contributed by atoms with E-state index in [0.717, 1.165) is 13.1 Å². The van der Waals surface area contributed by atoms with Crippen LogP contribution in [0.4, 0.5) is 26.3 Å². The average molecular weight is 484 g/mol. The van der Waals surface area contributed by atoms with E-state index in [1.807, 2.05) is 0 Å². The standard InChI is InChI=1S/C19H14F6N8O/c1-31-15(28-17(30-31)19(23,24)25)16(34)32-6-5-10-13(27-8-26-10)14(32)11-7-9-3-2-4-12(18(20,21)22)33(9)29-11/h2-4,7-8,14H,5-6H2,1H3,(H,26,27). The highest BCUT2D eigenvalue weighted by Gasteiger charge is 2.42. The minimum Gasteiger partial charge on any atom is -0.348 e. The second-order valence-corrected chi connectivity index (χ2v) is 7.61. The van der Waals surface area contributed by atoms with Gasteiger partial charge in [0.05, 0.1) is 23.2 Å². The van der Waals surface area contributed by atoms with Crippen molar-refractivity contribution in [3.05, 3.63) is 65.0 Å². The van der Waals surface area contributed by atoms with Gasteiger partial charge in [-0.05, 0) is 18.2 Å². The third-order valence-corrected chi connectivity index (χ3v) is 5.47. The zero-order chi connectivity index (χ0) is 24.4. The van der Waals surface area contributed by atoms with Crippen LogP contribution < -0.4 is 0 Å². The van der Waals surface area contributed by atoms with Gasteiger partial charge in [0.15, 0.2) is 0 Å². The molecule has 0 fully saturated rings. The molecule has 4 aromatic rings. The molecule has 1 amide bonds. The number of H-pyrrole nitrogens is 1. The molecule has 15 heteroatoms. The fourth-order valence-corrected chi connectivity index (χ4v) is 4.00. The number of carbonyl (C=O) groups excluding carboxylic acids is 1. The van der Waals surface area contributed by atoms with E-state index >= 15 is 0 Å². The maximum Gasteiger partial charge on any atom is 0.453 e. The molecule has 9 nitrogen and oxygen atoms in total. The molecule has 0 bridgehead atoms. The number of imidazole rings is 1. The Kier molecular flexibility index (Phi) is 4.70. The number of halogens is 6. The first-order valence-corrected chi connectivity index (χ1v) is 9.82. The zero-order valence-electron chi connectivity index (χ0n) is 17.2. The Morgan fingerprint density at radius 3 is 2.56 bits per heavy atom. The molecule has 178 valence electrons. The molecule has 0 aliphatic carbocycles. The Labute approximate surface area is 186 Å². The fourth-order valence-electron chi connectivity index (χ4n) is 4.00. The lowest BCUT2D eigenvalue weighted by Crippen LogP contribution is -2.42. The Morgan fingerprint density at radius 2 is 1.88 bits per heavy atom. The van der Waals surface area contributed by atoms with Crippen molar-refractivity contribution in [1.29, 1.82) is 0 Å². The first kappa shape index (κ1) is 21.9. The van der Waals surface area contributed by atoms with Crippen LogP contribution in [0, 0.1) is 0 Å². The van der Waals surface area contributed by atoms with Crippen LogP contribution in [0.3, 0.4) is 0 Å². The molecule has 0 saturated carbocycles. The van der Waals surface area contributed by atoms with Gasteiger partial charge in [-0.15, -0.1) is 5.10 Å². The number of alkyl halides is 6. The third-order valence-electron chi connectivity index (χ3n) is 5.47. The van der Waals surface area contributed by atoms with E-state index in [9.17, 15) is 31.1 Å². The average Bonchev–Trinajstić information content (AvgIpc) is 3.48. The van der Waals surface area contributed by atoms with Crippen LogP contribution in [-0.4, -0.2) is 51.7 Å². The van der Waals surface area contributed by atoms with Gasteiger partial charge < -0.3 is 9.88 Å². The lowest BCUT2D eigenvalue weighted by atomic mass is 9.99. The van der Waals surface area contributed by atoms with Crippen LogP contribution in [0.15, 0.2) is 30.6 Å². The maximum atomic E-state index is 13.5. The minimum atomic E-state index is -4.86. The van der Waals surface area contributed by atoms with E-state index in [1.54, 1.807) is 0 Å². The first-order chi connectivity index (χ1) is 15.9. The van der Waals surface area contributed by atoms with Crippen molar-refractivity contribution in [3.8, 4) is 0 Å². The highest BCUT2D eigenvalue weighted by atomic mass is 19.4. The van der Waals surface area contributed by atoms with Crippen LogP contribution in [0.25, 0.3) is 5.52 Å². The number of nitrogens with zero attached hydrogens (tertiary/aromatic N) is 7. The quantitative estimate of drug-likeness (QED) is 0.442. The molecule has 4 aromatic heterocycles. The number of pyridine rings is 1. The normalized spacial score (nSPS) is 16.8. The molecule has 5 heterocycles. The molecule has 1 aliphatic heterocycles. The predicted octanol–water partition coefficient (Wildman–Crippen LogP) is 3.01. The van der Waals surface area contributed by atoms with Crippen molar-refractivity contribution in [2.75, 3.05) is 6.54 Å². The monoisotopic (exact) mass is 484 g/mol. The summed E-state index contributed by atoms with van der Waals surface area (Å²) in [5.74, 6) is -2.94. The molecule has 0 saturated heterocycles. The van der Waals surface area contributed by atoms with Crippen molar-refractivity contribution in [1.82, 2.24) is 39.2 Å². The van der Waals surface area contributed by atoms with Crippen molar-refractivity contribution >= 4 is 11.4 Å². The van der Waals surface area contributed by atoms with Gasteiger partial charge in [0, 0.05) is 25.7 Å². The lowest BCUT2D eigenvalue weighted by Gasteiger charge is -2.33. The maximum absolute atomic E-state index is 13.5. The van der Waals surface area contributed by atoms with E-state index < -0.39 is 41.6 Å². The van der Waals surface area contributed by atoms with Crippen molar-refractivity contribution in [2.45, 2.75) is 24.8 Å². The number of aromatic amines is 1. The zero-order valence-corrected chi connectivity index (χ0v) is 17.2.